The van der Waals surface area contributed by atoms with E-state index in [0.29, 0.717) is 44.3 Å². The molecule has 0 aliphatic carbocycles. The maximum Gasteiger partial charge on any atom is 0.306 e. The average Bonchev–Trinajstić information content (AvgIpc) is 2.86. The van der Waals surface area contributed by atoms with E-state index in [4.69, 9.17) is 19.0 Å². The molecule has 0 bridgehead atoms. The zero-order valence-corrected chi connectivity index (χ0v) is 18.9. The number of carbonyl (C=O) groups is 1. The summed E-state index contributed by atoms with van der Waals surface area (Å²) in [5, 5.41) is 4.07. The third kappa shape index (κ3) is 7.96. The Hall–Kier alpha value is -3.87. The number of aromatic nitrogens is 1. The molecular formula is C26H28N2O5. The molecule has 0 aliphatic heterocycles. The van der Waals surface area contributed by atoms with E-state index < -0.39 is 0 Å². The van der Waals surface area contributed by atoms with E-state index in [2.05, 4.69) is 10.1 Å². The van der Waals surface area contributed by atoms with Crippen molar-refractivity contribution in [2.45, 2.75) is 26.4 Å². The Labute approximate surface area is 194 Å². The Morgan fingerprint density at radius 2 is 1.70 bits per heavy atom. The zero-order valence-electron chi connectivity index (χ0n) is 18.9. The van der Waals surface area contributed by atoms with Gasteiger partial charge in [0.05, 0.1) is 6.61 Å². The standard InChI is InChI=1S/C26H28N2O5/c1-3-31-26(29)16-12-20-11-15-25(27-17-20)33-18-21-9-13-23(14-10-21)32-19-24(28-30-2)22-7-5-4-6-8-22/h4-11,13-15,17H,3,12,16,18-19H2,1-2H3/b28-24+. The van der Waals surface area contributed by atoms with E-state index in [1.807, 2.05) is 60.7 Å². The molecule has 33 heavy (non-hydrogen) atoms. The van der Waals surface area contributed by atoms with Crippen molar-refractivity contribution in [3.8, 4) is 11.6 Å². The van der Waals surface area contributed by atoms with Crippen molar-refractivity contribution in [2.24, 2.45) is 5.16 Å². The highest BCUT2D eigenvalue weighted by atomic mass is 16.6. The first kappa shape index (κ1) is 23.8. The Morgan fingerprint density at radius 3 is 2.36 bits per heavy atom. The van der Waals surface area contributed by atoms with Crippen molar-refractivity contribution in [3.63, 3.8) is 0 Å². The van der Waals surface area contributed by atoms with Gasteiger partial charge in [-0.3, -0.25) is 4.79 Å². The number of oxime groups is 1. The van der Waals surface area contributed by atoms with Crippen LogP contribution in [-0.2, 0) is 27.4 Å². The first-order chi connectivity index (χ1) is 16.2. The fourth-order valence-electron chi connectivity index (χ4n) is 3.02. The Kier molecular flexibility index (Phi) is 9.27. The SMILES string of the molecule is CCOC(=O)CCc1ccc(OCc2ccc(OC/C(=N\OC)c3ccccc3)cc2)nc1. The molecule has 0 N–H and O–H groups in total. The van der Waals surface area contributed by atoms with Crippen molar-refractivity contribution in [3.05, 3.63) is 89.6 Å². The molecule has 1 aromatic heterocycles. The lowest BCUT2D eigenvalue weighted by molar-refractivity contribution is -0.143. The van der Waals surface area contributed by atoms with Gasteiger partial charge in [0.15, 0.2) is 0 Å². The highest BCUT2D eigenvalue weighted by molar-refractivity contribution is 6.01. The third-order valence-electron chi connectivity index (χ3n) is 4.71. The van der Waals surface area contributed by atoms with Gasteiger partial charge >= 0.3 is 5.97 Å². The first-order valence-corrected chi connectivity index (χ1v) is 10.8. The summed E-state index contributed by atoms with van der Waals surface area (Å²) in [6.45, 7) is 2.87. The van der Waals surface area contributed by atoms with Gasteiger partial charge in [-0.2, -0.15) is 0 Å². The summed E-state index contributed by atoms with van der Waals surface area (Å²) in [5.74, 6) is 1.05. The summed E-state index contributed by atoms with van der Waals surface area (Å²) in [6, 6.07) is 21.1. The highest BCUT2D eigenvalue weighted by Gasteiger charge is 2.07. The van der Waals surface area contributed by atoms with Gasteiger partial charge in [0, 0.05) is 24.2 Å². The quantitative estimate of drug-likeness (QED) is 0.229. The average molecular weight is 449 g/mol. The normalized spacial score (nSPS) is 11.0. The Morgan fingerprint density at radius 1 is 0.939 bits per heavy atom. The number of ether oxygens (including phenoxy) is 3. The number of carbonyl (C=O) groups excluding carboxylic acids is 1. The van der Waals surface area contributed by atoms with Crippen molar-refractivity contribution in [1.29, 1.82) is 0 Å². The molecule has 3 aromatic rings. The van der Waals surface area contributed by atoms with Crippen LogP contribution < -0.4 is 9.47 Å². The molecule has 1 heterocycles. The monoisotopic (exact) mass is 448 g/mol. The Bertz CT molecular complexity index is 1020. The summed E-state index contributed by atoms with van der Waals surface area (Å²) in [4.78, 5) is 20.7. The van der Waals surface area contributed by atoms with E-state index in [-0.39, 0.29) is 5.97 Å². The molecule has 3 rings (SSSR count). The van der Waals surface area contributed by atoms with E-state index in [1.54, 1.807) is 19.2 Å². The van der Waals surface area contributed by atoms with Crippen LogP contribution in [-0.4, -0.2) is 37.0 Å². The number of rotatable bonds is 12. The second kappa shape index (κ2) is 12.9. The molecule has 0 spiro atoms. The number of hydrogen-bond acceptors (Lipinski definition) is 7. The van der Waals surface area contributed by atoms with Gasteiger partial charge in [-0.25, -0.2) is 4.98 Å². The van der Waals surface area contributed by atoms with Crippen molar-refractivity contribution in [2.75, 3.05) is 20.3 Å². The minimum Gasteiger partial charge on any atom is -0.487 e. The van der Waals surface area contributed by atoms with Crippen LogP contribution in [0.25, 0.3) is 0 Å². The zero-order chi connectivity index (χ0) is 23.3. The molecule has 0 saturated heterocycles. The van der Waals surface area contributed by atoms with E-state index >= 15 is 0 Å². The lowest BCUT2D eigenvalue weighted by atomic mass is 10.1. The molecule has 0 fully saturated rings. The lowest BCUT2D eigenvalue weighted by Gasteiger charge is -2.10. The van der Waals surface area contributed by atoms with Crippen LogP contribution in [0.4, 0.5) is 0 Å². The number of pyridine rings is 1. The van der Waals surface area contributed by atoms with Crippen LogP contribution in [0.3, 0.4) is 0 Å². The van der Waals surface area contributed by atoms with Gasteiger partial charge in [-0.05, 0) is 36.6 Å². The molecule has 0 saturated carbocycles. The number of esters is 1. The predicted molar refractivity (Wildman–Crippen MR) is 125 cm³/mol. The van der Waals surface area contributed by atoms with E-state index in [9.17, 15) is 4.79 Å². The molecule has 0 atom stereocenters. The van der Waals surface area contributed by atoms with Crippen LogP contribution in [0.5, 0.6) is 11.6 Å². The second-order valence-corrected chi connectivity index (χ2v) is 7.12. The van der Waals surface area contributed by atoms with E-state index in [0.717, 1.165) is 22.4 Å². The van der Waals surface area contributed by atoms with Crippen LogP contribution >= 0.6 is 0 Å². The maximum absolute atomic E-state index is 11.4. The van der Waals surface area contributed by atoms with Crippen molar-refractivity contribution >= 4 is 11.7 Å². The molecule has 0 aliphatic rings. The molecule has 172 valence electrons. The number of hydrogen-bond donors (Lipinski definition) is 0. The number of aryl methyl sites for hydroxylation is 1. The molecule has 0 unspecified atom stereocenters. The molecule has 0 radical (unpaired) electrons. The predicted octanol–water partition coefficient (Wildman–Crippen LogP) is 4.59. The molecule has 2 aromatic carbocycles. The van der Waals surface area contributed by atoms with Crippen LogP contribution in [0.2, 0.25) is 0 Å². The lowest BCUT2D eigenvalue weighted by Crippen LogP contribution is -2.13. The number of benzene rings is 2. The summed E-state index contributed by atoms with van der Waals surface area (Å²) >= 11 is 0. The van der Waals surface area contributed by atoms with Crippen LogP contribution in [0.15, 0.2) is 78.1 Å². The first-order valence-electron chi connectivity index (χ1n) is 10.8. The summed E-state index contributed by atoms with van der Waals surface area (Å²) in [7, 11) is 1.52. The summed E-state index contributed by atoms with van der Waals surface area (Å²) in [5.41, 5.74) is 3.61. The highest BCUT2D eigenvalue weighted by Crippen LogP contribution is 2.16. The summed E-state index contributed by atoms with van der Waals surface area (Å²) in [6.07, 6.45) is 2.65. The minimum atomic E-state index is -0.201. The molecular weight excluding hydrogens is 420 g/mol. The largest absolute Gasteiger partial charge is 0.487 e. The van der Waals surface area contributed by atoms with Gasteiger partial charge in [0.2, 0.25) is 5.88 Å². The fourth-order valence-corrected chi connectivity index (χ4v) is 3.02. The molecule has 7 heteroatoms. The van der Waals surface area contributed by atoms with Crippen molar-refractivity contribution in [1.82, 2.24) is 4.98 Å². The second-order valence-electron chi connectivity index (χ2n) is 7.12. The third-order valence-corrected chi connectivity index (χ3v) is 4.71. The molecule has 0 amide bonds. The van der Waals surface area contributed by atoms with Gasteiger partial charge in [0.1, 0.15) is 31.8 Å². The van der Waals surface area contributed by atoms with Crippen LogP contribution in [0, 0.1) is 0 Å². The van der Waals surface area contributed by atoms with Gasteiger partial charge < -0.3 is 19.0 Å². The van der Waals surface area contributed by atoms with E-state index in [1.165, 1.54) is 7.11 Å². The summed E-state index contributed by atoms with van der Waals surface area (Å²) < 4.78 is 16.6. The minimum absolute atomic E-state index is 0.201. The van der Waals surface area contributed by atoms with Gasteiger partial charge in [0.25, 0.3) is 0 Å². The topological polar surface area (TPSA) is 79.2 Å². The van der Waals surface area contributed by atoms with Gasteiger partial charge in [-0.1, -0.05) is 53.7 Å². The number of nitrogens with zero attached hydrogens (tertiary/aromatic N) is 2. The maximum atomic E-state index is 11.4. The molecule has 7 nitrogen and oxygen atoms in total. The smallest absolute Gasteiger partial charge is 0.306 e. The Balaban J connectivity index is 1.46. The van der Waals surface area contributed by atoms with Crippen molar-refractivity contribution < 1.29 is 23.8 Å². The van der Waals surface area contributed by atoms with Crippen LogP contribution in [0.1, 0.15) is 30.0 Å². The fraction of sp³-hybridized carbons (Fsp3) is 0.269. The van der Waals surface area contributed by atoms with Gasteiger partial charge in [-0.15, -0.1) is 0 Å².